The maximum atomic E-state index is 13.8. The summed E-state index contributed by atoms with van der Waals surface area (Å²) < 4.78 is 21.1. The lowest BCUT2D eigenvalue weighted by Gasteiger charge is -2.12. The van der Waals surface area contributed by atoms with Crippen LogP contribution in [-0.2, 0) is 0 Å². The van der Waals surface area contributed by atoms with Crippen molar-refractivity contribution in [3.8, 4) is 11.8 Å². The molecule has 0 fully saturated rings. The Balaban J connectivity index is 1.58. The number of nitrogens with one attached hydrogen (secondary N) is 1. The normalized spacial score (nSPS) is 10.8. The third kappa shape index (κ3) is 3.42. The Labute approximate surface area is 160 Å². The van der Waals surface area contributed by atoms with Gasteiger partial charge in [-0.15, -0.1) is 0 Å². The molecule has 28 heavy (non-hydrogen) atoms. The van der Waals surface area contributed by atoms with Gasteiger partial charge in [-0.05, 0) is 44.2 Å². The smallest absolute Gasteiger partial charge is 0.322 e. The Hall–Kier alpha value is -3.74. The van der Waals surface area contributed by atoms with E-state index < -0.39 is 5.82 Å². The van der Waals surface area contributed by atoms with E-state index in [2.05, 4.69) is 15.3 Å². The lowest BCUT2D eigenvalue weighted by molar-refractivity contribution is 0.102. The highest BCUT2D eigenvalue weighted by Crippen LogP contribution is 2.25. The molecule has 1 amide bonds. The second-order valence-corrected chi connectivity index (χ2v) is 6.30. The third-order valence-corrected chi connectivity index (χ3v) is 4.29. The standard InChI is InChI=1S/C21H17FN4O2/c1-13-19(25-20(27)15-11-16-7-5-6-10-26(16)12-15)14(2)24-21(23-13)28-18-9-4-3-8-17(18)22/h3-12H,1-2H3,(H,25,27). The summed E-state index contributed by atoms with van der Waals surface area (Å²) in [6.07, 6.45) is 3.63. The fraction of sp³-hybridized carbons (Fsp3) is 0.0952. The van der Waals surface area contributed by atoms with E-state index in [1.165, 1.54) is 12.1 Å². The van der Waals surface area contributed by atoms with Gasteiger partial charge in [-0.2, -0.15) is 9.97 Å². The summed E-state index contributed by atoms with van der Waals surface area (Å²) >= 11 is 0. The number of nitrogens with zero attached hydrogens (tertiary/aromatic N) is 3. The summed E-state index contributed by atoms with van der Waals surface area (Å²) in [4.78, 5) is 21.1. The van der Waals surface area contributed by atoms with Gasteiger partial charge in [0.05, 0.1) is 22.6 Å². The topological polar surface area (TPSA) is 68.5 Å². The quantitative estimate of drug-likeness (QED) is 0.568. The molecule has 4 rings (SSSR count). The lowest BCUT2D eigenvalue weighted by atomic mass is 10.2. The maximum absolute atomic E-state index is 13.8. The Morgan fingerprint density at radius 3 is 2.50 bits per heavy atom. The fourth-order valence-corrected chi connectivity index (χ4v) is 2.90. The van der Waals surface area contributed by atoms with E-state index in [9.17, 15) is 9.18 Å². The highest BCUT2D eigenvalue weighted by Gasteiger charge is 2.16. The molecule has 1 aromatic carbocycles. The van der Waals surface area contributed by atoms with Crippen molar-refractivity contribution in [1.82, 2.24) is 14.4 Å². The highest BCUT2D eigenvalue weighted by atomic mass is 19.1. The van der Waals surface area contributed by atoms with Crippen molar-refractivity contribution in [1.29, 1.82) is 0 Å². The molecule has 4 aromatic rings. The van der Waals surface area contributed by atoms with Crippen LogP contribution in [0.4, 0.5) is 10.1 Å². The van der Waals surface area contributed by atoms with Crippen molar-refractivity contribution in [3.63, 3.8) is 0 Å². The first-order valence-corrected chi connectivity index (χ1v) is 8.67. The predicted octanol–water partition coefficient (Wildman–Crippen LogP) is 4.53. The van der Waals surface area contributed by atoms with E-state index in [1.54, 1.807) is 38.2 Å². The summed E-state index contributed by atoms with van der Waals surface area (Å²) in [5.41, 5.74) is 3.00. The zero-order valence-corrected chi connectivity index (χ0v) is 15.3. The average molecular weight is 376 g/mol. The van der Waals surface area contributed by atoms with Gasteiger partial charge in [0, 0.05) is 17.9 Å². The van der Waals surface area contributed by atoms with Crippen molar-refractivity contribution in [2.45, 2.75) is 13.8 Å². The molecule has 0 spiro atoms. The largest absolute Gasteiger partial charge is 0.421 e. The molecule has 1 N–H and O–H groups in total. The molecule has 0 unspecified atom stereocenters. The van der Waals surface area contributed by atoms with Gasteiger partial charge in [0.15, 0.2) is 11.6 Å². The van der Waals surface area contributed by atoms with E-state index in [0.717, 1.165) is 5.52 Å². The average Bonchev–Trinajstić information content (AvgIpc) is 3.11. The van der Waals surface area contributed by atoms with Gasteiger partial charge in [-0.3, -0.25) is 4.79 Å². The van der Waals surface area contributed by atoms with Crippen molar-refractivity contribution < 1.29 is 13.9 Å². The molecule has 0 saturated carbocycles. The molecule has 0 aliphatic carbocycles. The van der Waals surface area contributed by atoms with Crippen LogP contribution in [0.3, 0.4) is 0 Å². The van der Waals surface area contributed by atoms with Crippen LogP contribution in [0.2, 0.25) is 0 Å². The Morgan fingerprint density at radius 2 is 1.79 bits per heavy atom. The van der Waals surface area contributed by atoms with E-state index in [1.807, 2.05) is 28.8 Å². The molecule has 0 bridgehead atoms. The van der Waals surface area contributed by atoms with Crippen LogP contribution in [0.5, 0.6) is 11.8 Å². The molecule has 0 atom stereocenters. The Morgan fingerprint density at radius 1 is 1.07 bits per heavy atom. The third-order valence-electron chi connectivity index (χ3n) is 4.29. The van der Waals surface area contributed by atoms with Crippen LogP contribution in [0, 0.1) is 19.7 Å². The second-order valence-electron chi connectivity index (χ2n) is 6.30. The van der Waals surface area contributed by atoms with Gasteiger partial charge in [-0.1, -0.05) is 18.2 Å². The SMILES string of the molecule is Cc1nc(Oc2ccccc2F)nc(C)c1NC(=O)c1cc2ccccn2c1. The molecule has 0 radical (unpaired) electrons. The van der Waals surface area contributed by atoms with E-state index >= 15 is 0 Å². The van der Waals surface area contributed by atoms with E-state index in [4.69, 9.17) is 4.74 Å². The van der Waals surface area contributed by atoms with Crippen molar-refractivity contribution in [2.75, 3.05) is 5.32 Å². The first-order chi connectivity index (χ1) is 13.5. The molecule has 0 saturated heterocycles. The van der Waals surface area contributed by atoms with Gasteiger partial charge in [0.25, 0.3) is 5.91 Å². The molecule has 140 valence electrons. The first-order valence-electron chi connectivity index (χ1n) is 8.67. The monoisotopic (exact) mass is 376 g/mol. The number of carbonyl (C=O) groups is 1. The van der Waals surface area contributed by atoms with Gasteiger partial charge < -0.3 is 14.5 Å². The zero-order chi connectivity index (χ0) is 19.7. The van der Waals surface area contributed by atoms with E-state index in [-0.39, 0.29) is 17.7 Å². The number of benzene rings is 1. The minimum atomic E-state index is -0.500. The number of para-hydroxylation sites is 1. The van der Waals surface area contributed by atoms with Crippen LogP contribution in [0.15, 0.2) is 60.9 Å². The van der Waals surface area contributed by atoms with Gasteiger partial charge in [0.2, 0.25) is 0 Å². The second kappa shape index (κ2) is 7.11. The molecule has 3 aromatic heterocycles. The summed E-state index contributed by atoms with van der Waals surface area (Å²) in [6.45, 7) is 3.46. The molecule has 7 heteroatoms. The molecular formula is C21H17FN4O2. The minimum Gasteiger partial charge on any atom is -0.421 e. The molecular weight excluding hydrogens is 359 g/mol. The van der Waals surface area contributed by atoms with Gasteiger partial charge >= 0.3 is 6.01 Å². The van der Waals surface area contributed by atoms with Crippen LogP contribution in [0.1, 0.15) is 21.7 Å². The molecule has 6 nitrogen and oxygen atoms in total. The van der Waals surface area contributed by atoms with Crippen molar-refractivity contribution in [2.24, 2.45) is 0 Å². The number of halogens is 1. The predicted molar refractivity (Wildman–Crippen MR) is 103 cm³/mol. The summed E-state index contributed by atoms with van der Waals surface area (Å²) in [5, 5.41) is 2.85. The summed E-state index contributed by atoms with van der Waals surface area (Å²) in [7, 11) is 0. The zero-order valence-electron chi connectivity index (χ0n) is 15.3. The lowest BCUT2D eigenvalue weighted by Crippen LogP contribution is -2.14. The van der Waals surface area contributed by atoms with E-state index in [0.29, 0.717) is 22.6 Å². The number of fused-ring (bicyclic) bond motifs is 1. The summed E-state index contributed by atoms with van der Waals surface area (Å²) in [5.74, 6) is -0.723. The Bertz CT molecular complexity index is 1130. The fourth-order valence-electron chi connectivity index (χ4n) is 2.90. The Kier molecular flexibility index (Phi) is 4.49. The van der Waals surface area contributed by atoms with Crippen molar-refractivity contribution in [3.05, 3.63) is 83.7 Å². The van der Waals surface area contributed by atoms with Crippen LogP contribution < -0.4 is 10.1 Å². The number of anilines is 1. The highest BCUT2D eigenvalue weighted by molar-refractivity contribution is 6.05. The number of amides is 1. The number of aromatic nitrogens is 3. The van der Waals surface area contributed by atoms with Crippen molar-refractivity contribution >= 4 is 17.1 Å². The molecule has 0 aliphatic heterocycles. The molecule has 0 aliphatic rings. The number of carbonyl (C=O) groups excluding carboxylic acids is 1. The minimum absolute atomic E-state index is 0.0210. The number of pyridine rings is 1. The van der Waals surface area contributed by atoms with Crippen LogP contribution >= 0.6 is 0 Å². The van der Waals surface area contributed by atoms with Gasteiger partial charge in [-0.25, -0.2) is 4.39 Å². The number of ether oxygens (including phenoxy) is 1. The number of hydrogen-bond acceptors (Lipinski definition) is 4. The number of hydrogen-bond donors (Lipinski definition) is 1. The first kappa shape index (κ1) is 17.7. The van der Waals surface area contributed by atoms with Gasteiger partial charge in [0.1, 0.15) is 0 Å². The molecule has 3 heterocycles. The number of rotatable bonds is 4. The number of aryl methyl sites for hydroxylation is 2. The summed E-state index contributed by atoms with van der Waals surface area (Å²) in [6, 6.07) is 13.6. The maximum Gasteiger partial charge on any atom is 0.322 e. The van der Waals surface area contributed by atoms with Crippen LogP contribution in [-0.4, -0.2) is 20.3 Å². The van der Waals surface area contributed by atoms with Crippen LogP contribution in [0.25, 0.3) is 5.52 Å².